The molecular formula is C16H24ClN3O. The van der Waals surface area contributed by atoms with Gasteiger partial charge in [-0.3, -0.25) is 9.69 Å². The minimum atomic E-state index is -0.0196. The van der Waals surface area contributed by atoms with Crippen LogP contribution in [0, 0.1) is 0 Å². The van der Waals surface area contributed by atoms with Crippen LogP contribution in [0.5, 0.6) is 0 Å². The predicted octanol–water partition coefficient (Wildman–Crippen LogP) is 2.28. The lowest BCUT2D eigenvalue weighted by molar-refractivity contribution is -0.128. The summed E-state index contributed by atoms with van der Waals surface area (Å²) in [5, 5.41) is 0.757. The Morgan fingerprint density at radius 3 is 2.57 bits per heavy atom. The average molecular weight is 310 g/mol. The van der Waals surface area contributed by atoms with Crippen molar-refractivity contribution in [3.63, 3.8) is 0 Å². The lowest BCUT2D eigenvalue weighted by Gasteiger charge is -2.34. The first-order chi connectivity index (χ1) is 10.0. The van der Waals surface area contributed by atoms with Crippen LogP contribution in [0.1, 0.15) is 31.9 Å². The van der Waals surface area contributed by atoms with Crippen LogP contribution in [0.25, 0.3) is 0 Å². The summed E-state index contributed by atoms with van der Waals surface area (Å²) >= 11 is 6.36. The summed E-state index contributed by atoms with van der Waals surface area (Å²) in [7, 11) is 0. The highest BCUT2D eigenvalue weighted by molar-refractivity contribution is 6.31. The number of hydrogen-bond acceptors (Lipinski definition) is 3. The van der Waals surface area contributed by atoms with E-state index in [9.17, 15) is 4.79 Å². The fourth-order valence-corrected chi connectivity index (χ4v) is 3.31. The Bertz CT molecular complexity index is 492. The van der Waals surface area contributed by atoms with Crippen LogP contribution in [0.4, 0.5) is 0 Å². The first-order valence-electron chi connectivity index (χ1n) is 7.50. The van der Waals surface area contributed by atoms with Crippen LogP contribution in [-0.2, 0) is 4.79 Å². The molecule has 0 spiro atoms. The van der Waals surface area contributed by atoms with Gasteiger partial charge in [0.2, 0.25) is 5.91 Å². The van der Waals surface area contributed by atoms with Crippen molar-refractivity contribution in [1.29, 1.82) is 0 Å². The SMILES string of the molecule is CC(=O)N1CCCN(C(c2ccccc2Cl)C(C)N)CC1. The molecule has 1 heterocycles. The summed E-state index contributed by atoms with van der Waals surface area (Å²) in [4.78, 5) is 15.8. The van der Waals surface area contributed by atoms with E-state index < -0.39 is 0 Å². The maximum absolute atomic E-state index is 11.5. The van der Waals surface area contributed by atoms with Crippen LogP contribution in [0.3, 0.4) is 0 Å². The highest BCUT2D eigenvalue weighted by atomic mass is 35.5. The molecule has 1 aromatic rings. The zero-order valence-corrected chi connectivity index (χ0v) is 13.5. The number of halogens is 1. The Labute approximate surface area is 131 Å². The zero-order valence-electron chi connectivity index (χ0n) is 12.8. The fraction of sp³-hybridized carbons (Fsp3) is 0.562. The molecule has 0 bridgehead atoms. The molecule has 1 saturated heterocycles. The van der Waals surface area contributed by atoms with Crippen LogP contribution in [-0.4, -0.2) is 47.9 Å². The van der Waals surface area contributed by atoms with E-state index in [0.29, 0.717) is 0 Å². The van der Waals surface area contributed by atoms with E-state index in [0.717, 1.165) is 43.2 Å². The first-order valence-corrected chi connectivity index (χ1v) is 7.88. The minimum absolute atomic E-state index is 0.0196. The normalized spacial score (nSPS) is 19.9. The highest BCUT2D eigenvalue weighted by Gasteiger charge is 2.28. The number of amides is 1. The van der Waals surface area contributed by atoms with Crippen molar-refractivity contribution in [2.45, 2.75) is 32.4 Å². The maximum Gasteiger partial charge on any atom is 0.219 e. The molecule has 1 fully saturated rings. The summed E-state index contributed by atoms with van der Waals surface area (Å²) in [5.74, 6) is 0.145. The van der Waals surface area contributed by atoms with Crippen molar-refractivity contribution >= 4 is 17.5 Å². The summed E-state index contributed by atoms with van der Waals surface area (Å²) in [6.07, 6.45) is 0.966. The lowest BCUT2D eigenvalue weighted by atomic mass is 9.99. The molecule has 2 atom stereocenters. The number of hydrogen-bond donors (Lipinski definition) is 1. The zero-order chi connectivity index (χ0) is 15.4. The van der Waals surface area contributed by atoms with Gasteiger partial charge in [0.25, 0.3) is 0 Å². The first kappa shape index (κ1) is 16.3. The molecule has 4 nitrogen and oxygen atoms in total. The Morgan fingerprint density at radius 2 is 1.95 bits per heavy atom. The Hall–Kier alpha value is -1.10. The summed E-state index contributed by atoms with van der Waals surface area (Å²) in [6, 6.07) is 7.95. The summed E-state index contributed by atoms with van der Waals surface area (Å²) in [5.41, 5.74) is 7.31. The summed E-state index contributed by atoms with van der Waals surface area (Å²) < 4.78 is 0. The van der Waals surface area contributed by atoms with Crippen molar-refractivity contribution in [3.05, 3.63) is 34.9 Å². The number of rotatable bonds is 3. The van der Waals surface area contributed by atoms with Crippen molar-refractivity contribution in [1.82, 2.24) is 9.80 Å². The number of nitrogens with two attached hydrogens (primary N) is 1. The third-order valence-corrected chi connectivity index (χ3v) is 4.44. The third kappa shape index (κ3) is 3.96. The van der Waals surface area contributed by atoms with Gasteiger partial charge >= 0.3 is 0 Å². The van der Waals surface area contributed by atoms with Crippen LogP contribution in [0.2, 0.25) is 5.02 Å². The van der Waals surface area contributed by atoms with E-state index in [1.165, 1.54) is 0 Å². The molecule has 2 N–H and O–H groups in total. The minimum Gasteiger partial charge on any atom is -0.342 e. The van der Waals surface area contributed by atoms with Gasteiger partial charge in [0, 0.05) is 44.2 Å². The smallest absolute Gasteiger partial charge is 0.219 e. The number of benzene rings is 1. The second-order valence-corrected chi connectivity index (χ2v) is 6.13. The predicted molar refractivity (Wildman–Crippen MR) is 86.3 cm³/mol. The van der Waals surface area contributed by atoms with Crippen LogP contribution in [0.15, 0.2) is 24.3 Å². The number of carbonyl (C=O) groups excluding carboxylic acids is 1. The molecule has 2 rings (SSSR count). The molecule has 0 saturated carbocycles. The van der Waals surface area contributed by atoms with Crippen molar-refractivity contribution in [2.75, 3.05) is 26.2 Å². The second kappa shape index (κ2) is 7.25. The van der Waals surface area contributed by atoms with Gasteiger partial charge in [-0.15, -0.1) is 0 Å². The van der Waals surface area contributed by atoms with Gasteiger partial charge in [0.1, 0.15) is 0 Å². The average Bonchev–Trinajstić information content (AvgIpc) is 2.67. The van der Waals surface area contributed by atoms with Gasteiger partial charge in [-0.2, -0.15) is 0 Å². The van der Waals surface area contributed by atoms with Crippen molar-refractivity contribution in [3.8, 4) is 0 Å². The molecule has 0 radical (unpaired) electrons. The van der Waals surface area contributed by atoms with E-state index in [2.05, 4.69) is 4.90 Å². The Kier molecular flexibility index (Phi) is 5.62. The number of nitrogens with zero attached hydrogens (tertiary/aromatic N) is 2. The van der Waals surface area contributed by atoms with Gasteiger partial charge in [0.05, 0.1) is 6.04 Å². The van der Waals surface area contributed by atoms with Gasteiger partial charge in [-0.1, -0.05) is 29.8 Å². The standard InChI is InChI=1S/C16H24ClN3O/c1-12(18)16(14-6-3-4-7-15(14)17)20-9-5-8-19(10-11-20)13(2)21/h3-4,6-7,12,16H,5,8-11,18H2,1-2H3. The van der Waals surface area contributed by atoms with Gasteiger partial charge in [-0.25, -0.2) is 0 Å². The Balaban J connectivity index is 2.19. The summed E-state index contributed by atoms with van der Waals surface area (Å²) in [6.45, 7) is 6.98. The Morgan fingerprint density at radius 1 is 1.24 bits per heavy atom. The fourth-order valence-electron chi connectivity index (χ4n) is 3.06. The van der Waals surface area contributed by atoms with Crippen molar-refractivity contribution < 1.29 is 4.79 Å². The van der Waals surface area contributed by atoms with E-state index in [-0.39, 0.29) is 18.0 Å². The largest absolute Gasteiger partial charge is 0.342 e. The number of carbonyl (C=O) groups is 1. The molecule has 21 heavy (non-hydrogen) atoms. The van der Waals surface area contributed by atoms with Crippen LogP contribution >= 0.6 is 11.6 Å². The van der Waals surface area contributed by atoms with E-state index in [1.807, 2.05) is 36.1 Å². The molecule has 0 aliphatic carbocycles. The van der Waals surface area contributed by atoms with Gasteiger partial charge in [-0.05, 0) is 25.0 Å². The molecule has 116 valence electrons. The van der Waals surface area contributed by atoms with Crippen LogP contribution < -0.4 is 5.73 Å². The third-order valence-electron chi connectivity index (χ3n) is 4.09. The quantitative estimate of drug-likeness (QED) is 0.932. The van der Waals surface area contributed by atoms with E-state index in [4.69, 9.17) is 17.3 Å². The molecule has 1 aliphatic heterocycles. The molecule has 2 unspecified atom stereocenters. The molecule has 1 aromatic carbocycles. The molecular weight excluding hydrogens is 286 g/mol. The molecule has 0 aromatic heterocycles. The van der Waals surface area contributed by atoms with Crippen molar-refractivity contribution in [2.24, 2.45) is 5.73 Å². The monoisotopic (exact) mass is 309 g/mol. The lowest BCUT2D eigenvalue weighted by Crippen LogP contribution is -2.42. The molecule has 1 amide bonds. The molecule has 1 aliphatic rings. The maximum atomic E-state index is 11.5. The topological polar surface area (TPSA) is 49.6 Å². The van der Waals surface area contributed by atoms with E-state index >= 15 is 0 Å². The molecule has 5 heteroatoms. The van der Waals surface area contributed by atoms with Gasteiger partial charge < -0.3 is 10.6 Å². The van der Waals surface area contributed by atoms with Gasteiger partial charge in [0.15, 0.2) is 0 Å². The highest BCUT2D eigenvalue weighted by Crippen LogP contribution is 2.30. The second-order valence-electron chi connectivity index (χ2n) is 5.72. The van der Waals surface area contributed by atoms with E-state index in [1.54, 1.807) is 6.92 Å².